The lowest BCUT2D eigenvalue weighted by Gasteiger charge is -2.14. The van der Waals surface area contributed by atoms with Crippen LogP contribution in [0.1, 0.15) is 49.9 Å². The second-order valence-corrected chi connectivity index (χ2v) is 5.81. The Balaban J connectivity index is 1.94. The van der Waals surface area contributed by atoms with Gasteiger partial charge in [-0.2, -0.15) is 0 Å². The van der Waals surface area contributed by atoms with E-state index in [1.807, 2.05) is 42.5 Å². The van der Waals surface area contributed by atoms with Crippen molar-refractivity contribution >= 4 is 5.91 Å². The van der Waals surface area contributed by atoms with Gasteiger partial charge < -0.3 is 5.32 Å². The Hall–Kier alpha value is -2.09. The lowest BCUT2D eigenvalue weighted by Crippen LogP contribution is -2.32. The summed E-state index contributed by atoms with van der Waals surface area (Å²) in [6, 6.07) is 18.2. The van der Waals surface area contributed by atoms with Crippen LogP contribution in [0.4, 0.5) is 0 Å². The minimum Gasteiger partial charge on any atom is -0.350 e. The number of nitrogens with one attached hydrogen (secondary N) is 1. The molecule has 2 rings (SSSR count). The molecule has 0 aliphatic carbocycles. The normalized spacial score (nSPS) is 11.9. The van der Waals surface area contributed by atoms with Gasteiger partial charge in [-0.15, -0.1) is 0 Å². The maximum absolute atomic E-state index is 12.2. The Bertz CT molecular complexity index is 574. The fourth-order valence-electron chi connectivity index (χ4n) is 2.52. The lowest BCUT2D eigenvalue weighted by molar-refractivity contribution is 0.0938. The molecule has 1 N–H and O–H groups in total. The number of rotatable bonds is 7. The van der Waals surface area contributed by atoms with E-state index in [4.69, 9.17) is 0 Å². The Morgan fingerprint density at radius 3 is 2.23 bits per heavy atom. The number of amides is 1. The molecule has 1 unspecified atom stereocenters. The third-order valence-corrected chi connectivity index (χ3v) is 3.87. The molecule has 0 saturated carbocycles. The second-order valence-electron chi connectivity index (χ2n) is 5.81. The van der Waals surface area contributed by atoms with Crippen LogP contribution in [-0.2, 0) is 0 Å². The molecule has 2 heteroatoms. The summed E-state index contributed by atoms with van der Waals surface area (Å²) in [4.78, 5) is 12.2. The van der Waals surface area contributed by atoms with Gasteiger partial charge in [0, 0.05) is 11.6 Å². The van der Waals surface area contributed by atoms with Gasteiger partial charge in [0.1, 0.15) is 0 Å². The number of carbonyl (C=O) groups is 1. The zero-order valence-electron chi connectivity index (χ0n) is 13.5. The molecule has 0 aliphatic heterocycles. The fraction of sp³-hybridized carbons (Fsp3) is 0.350. The largest absolute Gasteiger partial charge is 0.350 e. The molecule has 2 aromatic carbocycles. The number of unbranched alkanes of at least 4 members (excludes halogenated alkanes) is 2. The molecule has 2 nitrogen and oxygen atoms in total. The minimum atomic E-state index is 0.0172. The molecular formula is C20H25NO. The highest BCUT2D eigenvalue weighted by molar-refractivity contribution is 5.94. The maximum Gasteiger partial charge on any atom is 0.251 e. The summed E-state index contributed by atoms with van der Waals surface area (Å²) in [6.07, 6.45) is 4.65. The smallest absolute Gasteiger partial charge is 0.251 e. The number of hydrogen-bond donors (Lipinski definition) is 1. The van der Waals surface area contributed by atoms with E-state index < -0.39 is 0 Å². The summed E-state index contributed by atoms with van der Waals surface area (Å²) in [5.41, 5.74) is 3.03. The van der Waals surface area contributed by atoms with Crippen LogP contribution in [0.3, 0.4) is 0 Å². The topological polar surface area (TPSA) is 29.1 Å². The van der Waals surface area contributed by atoms with E-state index in [1.165, 1.54) is 24.8 Å². The van der Waals surface area contributed by atoms with Crippen molar-refractivity contribution in [1.29, 1.82) is 0 Å². The molecule has 0 radical (unpaired) electrons. The van der Waals surface area contributed by atoms with Crippen LogP contribution in [0, 0.1) is 0 Å². The zero-order chi connectivity index (χ0) is 15.8. The number of hydrogen-bond acceptors (Lipinski definition) is 1. The Kier molecular flexibility index (Phi) is 6.20. The van der Waals surface area contributed by atoms with Crippen molar-refractivity contribution in [2.75, 3.05) is 0 Å². The van der Waals surface area contributed by atoms with Crippen LogP contribution in [0.5, 0.6) is 0 Å². The predicted molar refractivity (Wildman–Crippen MR) is 92.9 cm³/mol. The van der Waals surface area contributed by atoms with Gasteiger partial charge in [0.25, 0.3) is 5.91 Å². The van der Waals surface area contributed by atoms with Gasteiger partial charge in [-0.05, 0) is 36.6 Å². The van der Waals surface area contributed by atoms with Crippen molar-refractivity contribution in [1.82, 2.24) is 5.32 Å². The monoisotopic (exact) mass is 295 g/mol. The van der Waals surface area contributed by atoms with Gasteiger partial charge in [0.15, 0.2) is 0 Å². The molecule has 116 valence electrons. The molecular weight excluding hydrogens is 270 g/mol. The Morgan fingerprint density at radius 1 is 0.955 bits per heavy atom. The summed E-state index contributed by atoms with van der Waals surface area (Å²) in [5, 5.41) is 3.08. The van der Waals surface area contributed by atoms with Crippen molar-refractivity contribution in [2.24, 2.45) is 0 Å². The number of carbonyl (C=O) groups excluding carboxylic acids is 1. The summed E-state index contributed by atoms with van der Waals surface area (Å²) < 4.78 is 0. The van der Waals surface area contributed by atoms with Crippen LogP contribution in [0.15, 0.2) is 54.6 Å². The molecule has 0 spiro atoms. The quantitative estimate of drug-likeness (QED) is 0.711. The summed E-state index contributed by atoms with van der Waals surface area (Å²) in [6.45, 7) is 4.27. The summed E-state index contributed by atoms with van der Waals surface area (Å²) in [5.74, 6) is 0.0172. The Labute approximate surface area is 133 Å². The van der Waals surface area contributed by atoms with E-state index >= 15 is 0 Å². The fourth-order valence-corrected chi connectivity index (χ4v) is 2.52. The SMILES string of the molecule is CCCCCC(C)NC(=O)c1ccc(-c2ccccc2)cc1. The first-order valence-electron chi connectivity index (χ1n) is 8.17. The molecule has 22 heavy (non-hydrogen) atoms. The van der Waals surface area contributed by atoms with E-state index in [-0.39, 0.29) is 11.9 Å². The summed E-state index contributed by atoms with van der Waals surface area (Å²) in [7, 11) is 0. The average Bonchev–Trinajstić information content (AvgIpc) is 2.56. The molecule has 1 amide bonds. The van der Waals surface area contributed by atoms with Crippen LogP contribution in [0.2, 0.25) is 0 Å². The van der Waals surface area contributed by atoms with Gasteiger partial charge in [-0.3, -0.25) is 4.79 Å². The molecule has 0 heterocycles. The van der Waals surface area contributed by atoms with Crippen LogP contribution in [-0.4, -0.2) is 11.9 Å². The zero-order valence-corrected chi connectivity index (χ0v) is 13.5. The third-order valence-electron chi connectivity index (χ3n) is 3.87. The first kappa shape index (κ1) is 16.3. The van der Waals surface area contributed by atoms with Crippen molar-refractivity contribution < 1.29 is 4.79 Å². The van der Waals surface area contributed by atoms with E-state index in [9.17, 15) is 4.79 Å². The van der Waals surface area contributed by atoms with Crippen molar-refractivity contribution in [2.45, 2.75) is 45.6 Å². The average molecular weight is 295 g/mol. The minimum absolute atomic E-state index is 0.0172. The van der Waals surface area contributed by atoms with Crippen molar-refractivity contribution in [3.63, 3.8) is 0 Å². The molecule has 0 saturated heterocycles. The van der Waals surface area contributed by atoms with E-state index in [0.717, 1.165) is 17.5 Å². The molecule has 0 bridgehead atoms. The predicted octanol–water partition coefficient (Wildman–Crippen LogP) is 5.05. The van der Waals surface area contributed by atoms with Gasteiger partial charge in [0.05, 0.1) is 0 Å². The molecule has 0 fully saturated rings. The highest BCUT2D eigenvalue weighted by atomic mass is 16.1. The van der Waals surface area contributed by atoms with Gasteiger partial charge in [-0.1, -0.05) is 68.7 Å². The first-order chi connectivity index (χ1) is 10.7. The second kappa shape index (κ2) is 8.38. The standard InChI is InChI=1S/C20H25NO/c1-3-4-6-9-16(2)21-20(22)19-14-12-18(13-15-19)17-10-7-5-8-11-17/h5,7-8,10-16H,3-4,6,9H2,1-2H3,(H,21,22). The van der Waals surface area contributed by atoms with Crippen molar-refractivity contribution in [3.05, 3.63) is 60.2 Å². The van der Waals surface area contributed by atoms with Crippen LogP contribution >= 0.6 is 0 Å². The molecule has 1 atom stereocenters. The molecule has 0 aromatic heterocycles. The Morgan fingerprint density at radius 2 is 1.59 bits per heavy atom. The van der Waals surface area contributed by atoms with Gasteiger partial charge >= 0.3 is 0 Å². The van der Waals surface area contributed by atoms with E-state index in [1.54, 1.807) is 0 Å². The summed E-state index contributed by atoms with van der Waals surface area (Å²) >= 11 is 0. The highest BCUT2D eigenvalue weighted by Crippen LogP contribution is 2.19. The maximum atomic E-state index is 12.2. The van der Waals surface area contributed by atoms with Crippen LogP contribution < -0.4 is 5.32 Å². The van der Waals surface area contributed by atoms with E-state index in [0.29, 0.717) is 0 Å². The van der Waals surface area contributed by atoms with E-state index in [2.05, 4.69) is 31.3 Å². The van der Waals surface area contributed by atoms with Gasteiger partial charge in [0.2, 0.25) is 0 Å². The van der Waals surface area contributed by atoms with Gasteiger partial charge in [-0.25, -0.2) is 0 Å². The van der Waals surface area contributed by atoms with Crippen molar-refractivity contribution in [3.8, 4) is 11.1 Å². The third kappa shape index (κ3) is 4.73. The lowest BCUT2D eigenvalue weighted by atomic mass is 10.0. The van der Waals surface area contributed by atoms with Crippen LogP contribution in [0.25, 0.3) is 11.1 Å². The highest BCUT2D eigenvalue weighted by Gasteiger charge is 2.09. The molecule has 0 aliphatic rings. The molecule has 2 aromatic rings. The number of benzene rings is 2. The first-order valence-corrected chi connectivity index (χ1v) is 8.17.